The van der Waals surface area contributed by atoms with Gasteiger partial charge in [0.1, 0.15) is 0 Å². The van der Waals surface area contributed by atoms with E-state index in [1.165, 1.54) is 146 Å². The van der Waals surface area contributed by atoms with Crippen molar-refractivity contribution in [1.82, 2.24) is 4.48 Å². The van der Waals surface area contributed by atoms with Crippen LogP contribution in [0.3, 0.4) is 0 Å². The zero-order valence-corrected chi connectivity index (χ0v) is 39.6. The molecule has 0 bridgehead atoms. The monoisotopic (exact) mass is 820 g/mol. The van der Waals surface area contributed by atoms with Crippen LogP contribution in [0.25, 0.3) is 55.2 Å². The molecule has 11 rings (SSSR count). The number of aryl methyl sites for hydroxylation is 7. The minimum atomic E-state index is -0.0142. The fourth-order valence-electron chi connectivity index (χ4n) is 12.2. The Morgan fingerprint density at radius 1 is 0.508 bits per heavy atom. The van der Waals surface area contributed by atoms with Crippen LogP contribution < -0.4 is 15.8 Å². The van der Waals surface area contributed by atoms with Crippen molar-refractivity contribution in [2.24, 2.45) is 0 Å². The van der Waals surface area contributed by atoms with Crippen molar-refractivity contribution >= 4 is 56.6 Å². The average molecular weight is 821 g/mol. The van der Waals surface area contributed by atoms with Crippen molar-refractivity contribution in [1.29, 1.82) is 0 Å². The lowest BCUT2D eigenvalue weighted by Gasteiger charge is -2.42. The summed E-state index contributed by atoms with van der Waals surface area (Å²) in [6, 6.07) is 41.4. The Bertz CT molecular complexity index is 3210. The molecule has 8 aromatic rings. The topological polar surface area (TPSA) is 8.17 Å². The number of anilines is 3. The molecule has 1 aromatic heterocycles. The van der Waals surface area contributed by atoms with Crippen LogP contribution in [0, 0.1) is 41.5 Å². The highest BCUT2D eigenvalue weighted by atomic mass is 15.2. The van der Waals surface area contributed by atoms with Crippen LogP contribution in [0.2, 0.25) is 0 Å². The lowest BCUT2D eigenvalue weighted by Crippen LogP contribution is -2.57. The molecule has 0 saturated heterocycles. The van der Waals surface area contributed by atoms with Crippen LogP contribution in [0.5, 0.6) is 0 Å². The van der Waals surface area contributed by atoms with Gasteiger partial charge in [-0.2, -0.15) is 0 Å². The number of fused-ring (bicyclic) bond motifs is 9. The normalized spacial score (nSPS) is 14.3. The predicted molar refractivity (Wildman–Crippen MR) is 273 cm³/mol. The molecular weight excluding hydrogens is 759 g/mol. The van der Waals surface area contributed by atoms with Crippen LogP contribution in [0.4, 0.5) is 17.1 Å². The summed E-state index contributed by atoms with van der Waals surface area (Å²) < 4.78 is 2.78. The molecule has 0 radical (unpaired) electrons. The van der Waals surface area contributed by atoms with Crippen molar-refractivity contribution in [2.75, 3.05) is 4.90 Å². The van der Waals surface area contributed by atoms with Gasteiger partial charge in [0, 0.05) is 44.4 Å². The Morgan fingerprint density at radius 2 is 1.10 bits per heavy atom. The molecule has 3 heteroatoms. The molecule has 3 aliphatic rings. The third-order valence-corrected chi connectivity index (χ3v) is 15.0. The summed E-state index contributed by atoms with van der Waals surface area (Å²) in [4.78, 5) is 2.63. The molecule has 2 nitrogen and oxygen atoms in total. The first-order chi connectivity index (χ1) is 30.0. The fourth-order valence-corrected chi connectivity index (χ4v) is 12.2. The molecule has 7 aromatic carbocycles. The van der Waals surface area contributed by atoms with Crippen molar-refractivity contribution in [2.45, 2.75) is 120 Å². The van der Waals surface area contributed by atoms with Gasteiger partial charge >= 0.3 is 6.85 Å². The van der Waals surface area contributed by atoms with Crippen LogP contribution in [-0.4, -0.2) is 11.3 Å². The van der Waals surface area contributed by atoms with Gasteiger partial charge in [0.2, 0.25) is 0 Å². The van der Waals surface area contributed by atoms with Gasteiger partial charge in [0.25, 0.3) is 0 Å². The maximum absolute atomic E-state index is 2.78. The molecule has 2 aliphatic heterocycles. The van der Waals surface area contributed by atoms with Crippen molar-refractivity contribution in [3.63, 3.8) is 0 Å². The number of nitrogens with zero attached hydrogens (tertiary/aromatic N) is 2. The van der Waals surface area contributed by atoms with Crippen molar-refractivity contribution < 1.29 is 0 Å². The second kappa shape index (κ2) is 13.9. The van der Waals surface area contributed by atoms with E-state index in [9.17, 15) is 0 Å². The molecule has 314 valence electrons. The largest absolute Gasteiger partial charge is 0.375 e. The van der Waals surface area contributed by atoms with Gasteiger partial charge in [-0.25, -0.2) is 0 Å². The predicted octanol–water partition coefficient (Wildman–Crippen LogP) is 14.9. The number of aromatic nitrogens is 1. The van der Waals surface area contributed by atoms with E-state index in [1.807, 2.05) is 0 Å². The molecule has 0 saturated carbocycles. The molecule has 1 aliphatic carbocycles. The Kier molecular flexibility index (Phi) is 8.80. The average Bonchev–Trinajstić information content (AvgIpc) is 3.54. The van der Waals surface area contributed by atoms with Gasteiger partial charge in [0.05, 0.1) is 0 Å². The molecule has 0 unspecified atom stereocenters. The van der Waals surface area contributed by atoms with Gasteiger partial charge in [-0.3, -0.25) is 0 Å². The smallest absolute Gasteiger partial charge is 0.333 e. The molecule has 0 N–H and O–H groups in total. The third kappa shape index (κ3) is 6.05. The van der Waals surface area contributed by atoms with E-state index in [0.29, 0.717) is 0 Å². The second-order valence-corrected chi connectivity index (χ2v) is 21.7. The summed E-state index contributed by atoms with van der Waals surface area (Å²) in [5.74, 6) is 0. The van der Waals surface area contributed by atoms with Gasteiger partial charge in [0.15, 0.2) is 0 Å². The number of hydrogen-bond donors (Lipinski definition) is 0. The zero-order valence-electron chi connectivity index (χ0n) is 39.6. The molecule has 0 fully saturated rings. The van der Waals surface area contributed by atoms with E-state index in [4.69, 9.17) is 0 Å². The zero-order chi connectivity index (χ0) is 44.0. The van der Waals surface area contributed by atoms with Gasteiger partial charge in [-0.1, -0.05) is 107 Å². The van der Waals surface area contributed by atoms with E-state index >= 15 is 0 Å². The first-order valence-electron chi connectivity index (χ1n) is 23.5. The van der Waals surface area contributed by atoms with Crippen LogP contribution in [-0.2, 0) is 23.7 Å². The van der Waals surface area contributed by atoms with E-state index in [2.05, 4.69) is 196 Å². The van der Waals surface area contributed by atoms with E-state index < -0.39 is 0 Å². The van der Waals surface area contributed by atoms with Crippen LogP contribution >= 0.6 is 0 Å². The molecule has 0 amide bonds. The third-order valence-electron chi connectivity index (χ3n) is 15.0. The first kappa shape index (κ1) is 40.0. The molecular formula is C60H61BN2. The first-order valence-corrected chi connectivity index (χ1v) is 23.5. The maximum Gasteiger partial charge on any atom is 0.333 e. The highest BCUT2D eigenvalue weighted by Gasteiger charge is 2.45. The summed E-state index contributed by atoms with van der Waals surface area (Å²) >= 11 is 0. The van der Waals surface area contributed by atoms with E-state index in [1.54, 1.807) is 5.56 Å². The Hall–Kier alpha value is -5.80. The molecule has 0 spiro atoms. The highest BCUT2D eigenvalue weighted by molar-refractivity contribution is 6.90. The fraction of sp³-hybridized carbons (Fsp3) is 0.300. The Morgan fingerprint density at radius 3 is 1.73 bits per heavy atom. The van der Waals surface area contributed by atoms with Crippen LogP contribution in [0.1, 0.15) is 110 Å². The number of rotatable bonds is 3. The molecule has 3 heterocycles. The standard InChI is InChI=1S/C60H61BN2/c1-34-25-36(3)54(37(4)26-34)40-17-21-45(22-18-40)62-52-23-19-42(55-38(5)27-35(2)28-39(55)6)29-50(52)61-57-53(62)30-41-15-13-14-16-46(41)56(57)49-33-44(60(10,11)12)32-48-47-31-43(59(7,8)9)20-24-51(47)63(61)58(48)49/h17-33H,13-16H2,1-12H3. The quantitative estimate of drug-likeness (QED) is 0.161. The van der Waals surface area contributed by atoms with Gasteiger partial charge < -0.3 is 9.38 Å². The van der Waals surface area contributed by atoms with Gasteiger partial charge in [-0.05, 0) is 210 Å². The lowest BCUT2D eigenvalue weighted by molar-refractivity contribution is 0.590. The summed E-state index contributed by atoms with van der Waals surface area (Å²) in [5, 5.41) is 2.76. The van der Waals surface area contributed by atoms with Gasteiger partial charge in [-0.15, -0.1) is 0 Å². The minimum Gasteiger partial charge on any atom is -0.375 e. The second-order valence-electron chi connectivity index (χ2n) is 21.7. The minimum absolute atomic E-state index is 0.00471. The Balaban J connectivity index is 1.27. The van der Waals surface area contributed by atoms with Crippen molar-refractivity contribution in [3.05, 3.63) is 159 Å². The molecule has 63 heavy (non-hydrogen) atoms. The SMILES string of the molecule is Cc1cc(C)c(-c2ccc(N3c4ccc(-c5c(C)cc(C)cc5C)cc4B4c5c3cc3c(c5-c5cc(C(C)(C)C)cc6c7cc(C(C)(C)C)ccc7n4c56)CCCC3)cc2)c(C)c1. The molecule has 0 atom stereocenters. The van der Waals surface area contributed by atoms with E-state index in [-0.39, 0.29) is 17.7 Å². The Labute approximate surface area is 376 Å². The maximum atomic E-state index is 2.78. The summed E-state index contributed by atoms with van der Waals surface area (Å²) in [6.07, 6.45) is 4.72. The highest BCUT2D eigenvalue weighted by Crippen LogP contribution is 2.50. The van der Waals surface area contributed by atoms with E-state index in [0.717, 1.165) is 12.8 Å². The number of hydrogen-bond acceptors (Lipinski definition) is 1. The van der Waals surface area contributed by atoms with Crippen molar-refractivity contribution in [3.8, 4) is 33.4 Å². The summed E-state index contributed by atoms with van der Waals surface area (Å²) in [6.45, 7) is 27.7. The summed E-state index contributed by atoms with van der Waals surface area (Å²) in [5.41, 5.74) is 31.4. The van der Waals surface area contributed by atoms with Crippen LogP contribution in [0.15, 0.2) is 103 Å². The summed E-state index contributed by atoms with van der Waals surface area (Å²) in [7, 11) is 0. The lowest BCUT2D eigenvalue weighted by atomic mass is 9.44. The number of benzene rings is 7.